The number of Topliss-reactive ketones (excluding diaryl/α,β-unsaturated/α-hetero) is 1. The van der Waals surface area contributed by atoms with Gasteiger partial charge in [0.05, 0.1) is 0 Å². The summed E-state index contributed by atoms with van der Waals surface area (Å²) in [7, 11) is 3.37. The van der Waals surface area contributed by atoms with Crippen LogP contribution in [0.25, 0.3) is 0 Å². The average Bonchev–Trinajstić information content (AvgIpc) is 2.32. The van der Waals surface area contributed by atoms with E-state index in [-0.39, 0.29) is 18.4 Å². The van der Waals surface area contributed by atoms with Crippen LogP contribution in [0.2, 0.25) is 0 Å². The van der Waals surface area contributed by atoms with E-state index in [2.05, 4.69) is 0 Å². The molecule has 1 aliphatic carbocycles. The molecule has 0 aliphatic heterocycles. The molecule has 0 saturated heterocycles. The van der Waals surface area contributed by atoms with Crippen LogP contribution in [-0.2, 0) is 4.79 Å². The van der Waals surface area contributed by atoms with Gasteiger partial charge in [0, 0.05) is 25.9 Å². The molecule has 5 heteroatoms. The van der Waals surface area contributed by atoms with Gasteiger partial charge in [-0.2, -0.15) is 13.2 Å². The summed E-state index contributed by atoms with van der Waals surface area (Å²) in [6, 6.07) is 0. The SMILES string of the molecule is CN(C)C=C1CCC(C)(C(F)(F)F)C1=O. The molecule has 0 aromatic carbocycles. The van der Waals surface area contributed by atoms with E-state index in [0.717, 1.165) is 6.92 Å². The molecule has 1 saturated carbocycles. The molecule has 86 valence electrons. The molecular weight excluding hydrogens is 207 g/mol. The van der Waals surface area contributed by atoms with E-state index < -0.39 is 17.4 Å². The predicted molar refractivity (Wildman–Crippen MR) is 50.2 cm³/mol. The molecule has 0 amide bonds. The first-order valence-electron chi connectivity index (χ1n) is 4.67. The van der Waals surface area contributed by atoms with E-state index in [4.69, 9.17) is 0 Å². The molecule has 1 fully saturated rings. The van der Waals surface area contributed by atoms with E-state index in [9.17, 15) is 18.0 Å². The van der Waals surface area contributed by atoms with Crippen LogP contribution < -0.4 is 0 Å². The maximum absolute atomic E-state index is 12.6. The lowest BCUT2D eigenvalue weighted by molar-refractivity contribution is -0.211. The Morgan fingerprint density at radius 1 is 1.40 bits per heavy atom. The fourth-order valence-electron chi connectivity index (χ4n) is 1.67. The van der Waals surface area contributed by atoms with Gasteiger partial charge in [0.15, 0.2) is 5.78 Å². The Morgan fingerprint density at radius 3 is 2.27 bits per heavy atom. The minimum Gasteiger partial charge on any atom is -0.383 e. The number of hydrogen-bond donors (Lipinski definition) is 0. The first-order chi connectivity index (χ1) is 6.68. The zero-order valence-electron chi connectivity index (χ0n) is 8.98. The first-order valence-corrected chi connectivity index (χ1v) is 4.67. The molecule has 0 spiro atoms. The van der Waals surface area contributed by atoms with E-state index >= 15 is 0 Å². The number of rotatable bonds is 1. The van der Waals surface area contributed by atoms with Gasteiger partial charge in [-0.3, -0.25) is 4.79 Å². The largest absolute Gasteiger partial charge is 0.401 e. The standard InChI is InChI=1S/C10H14F3NO/c1-9(10(11,12)13)5-4-7(8(9)15)6-14(2)3/h6H,4-5H2,1-3H3. The van der Waals surface area contributed by atoms with Crippen molar-refractivity contribution < 1.29 is 18.0 Å². The molecular formula is C10H14F3NO. The Morgan fingerprint density at radius 2 is 1.93 bits per heavy atom. The van der Waals surface area contributed by atoms with Gasteiger partial charge >= 0.3 is 6.18 Å². The highest BCUT2D eigenvalue weighted by Gasteiger charge is 2.59. The zero-order chi connectivity index (χ0) is 11.9. The molecule has 15 heavy (non-hydrogen) atoms. The van der Waals surface area contributed by atoms with Crippen LogP contribution >= 0.6 is 0 Å². The quantitative estimate of drug-likeness (QED) is 0.633. The Labute approximate surface area is 86.7 Å². The fraction of sp³-hybridized carbons (Fsp3) is 0.700. The molecule has 0 radical (unpaired) electrons. The van der Waals surface area contributed by atoms with Crippen molar-refractivity contribution in [3.8, 4) is 0 Å². The smallest absolute Gasteiger partial charge is 0.383 e. The van der Waals surface area contributed by atoms with Crippen molar-refractivity contribution in [2.24, 2.45) is 5.41 Å². The number of hydrogen-bond acceptors (Lipinski definition) is 2. The van der Waals surface area contributed by atoms with Gasteiger partial charge in [0.2, 0.25) is 0 Å². The van der Waals surface area contributed by atoms with Crippen LogP contribution in [0.5, 0.6) is 0 Å². The molecule has 0 aromatic heterocycles. The summed E-state index contributed by atoms with van der Waals surface area (Å²) in [5.41, 5.74) is -1.92. The number of ketones is 1. The van der Waals surface area contributed by atoms with Gasteiger partial charge in [-0.1, -0.05) is 0 Å². The summed E-state index contributed by atoms with van der Waals surface area (Å²) in [6.45, 7) is 0.978. The summed E-state index contributed by atoms with van der Waals surface area (Å²) in [4.78, 5) is 13.2. The second-order valence-electron chi connectivity index (χ2n) is 4.28. The lowest BCUT2D eigenvalue weighted by atomic mass is 9.86. The molecule has 0 bridgehead atoms. The van der Waals surface area contributed by atoms with E-state index in [0.29, 0.717) is 0 Å². The maximum Gasteiger partial charge on any atom is 0.401 e. The van der Waals surface area contributed by atoms with Crippen molar-refractivity contribution in [3.63, 3.8) is 0 Å². The summed E-state index contributed by atoms with van der Waals surface area (Å²) in [6.07, 6.45) is -2.92. The van der Waals surface area contributed by atoms with Crippen molar-refractivity contribution in [3.05, 3.63) is 11.8 Å². The van der Waals surface area contributed by atoms with Crippen molar-refractivity contribution in [2.45, 2.75) is 25.9 Å². The molecule has 0 N–H and O–H groups in total. The second kappa shape index (κ2) is 3.54. The van der Waals surface area contributed by atoms with Crippen molar-refractivity contribution in [1.82, 2.24) is 4.90 Å². The Kier molecular flexibility index (Phi) is 2.85. The summed E-state index contributed by atoms with van der Waals surface area (Å²) in [5, 5.41) is 0. The minimum atomic E-state index is -4.45. The molecule has 1 unspecified atom stereocenters. The highest BCUT2D eigenvalue weighted by Crippen LogP contribution is 2.49. The lowest BCUT2D eigenvalue weighted by Gasteiger charge is -2.24. The van der Waals surface area contributed by atoms with E-state index in [1.165, 1.54) is 6.20 Å². The van der Waals surface area contributed by atoms with Crippen molar-refractivity contribution in [1.29, 1.82) is 0 Å². The van der Waals surface area contributed by atoms with Crippen LogP contribution in [0, 0.1) is 5.41 Å². The summed E-state index contributed by atoms with van der Waals surface area (Å²) >= 11 is 0. The third-order valence-corrected chi connectivity index (χ3v) is 2.73. The molecule has 1 rings (SSSR count). The number of halogens is 3. The lowest BCUT2D eigenvalue weighted by Crippen LogP contribution is -2.39. The highest BCUT2D eigenvalue weighted by molar-refractivity contribution is 6.02. The summed E-state index contributed by atoms with van der Waals surface area (Å²) < 4.78 is 37.9. The molecule has 1 aliphatic rings. The zero-order valence-corrected chi connectivity index (χ0v) is 8.98. The van der Waals surface area contributed by atoms with Gasteiger partial charge < -0.3 is 4.90 Å². The van der Waals surface area contributed by atoms with Gasteiger partial charge in [0.1, 0.15) is 5.41 Å². The first kappa shape index (κ1) is 12.1. The average molecular weight is 221 g/mol. The fourth-order valence-corrected chi connectivity index (χ4v) is 1.67. The van der Waals surface area contributed by atoms with Crippen molar-refractivity contribution in [2.75, 3.05) is 14.1 Å². The molecule has 2 nitrogen and oxygen atoms in total. The van der Waals surface area contributed by atoms with Crippen molar-refractivity contribution >= 4 is 5.78 Å². The predicted octanol–water partition coefficient (Wildman–Crippen LogP) is 2.36. The number of allylic oxidation sites excluding steroid dienone is 1. The van der Waals surface area contributed by atoms with Gasteiger partial charge in [-0.25, -0.2) is 0 Å². The van der Waals surface area contributed by atoms with Gasteiger partial charge in [0.25, 0.3) is 0 Å². The minimum absolute atomic E-state index is 0.144. The Bertz CT molecular complexity index is 306. The van der Waals surface area contributed by atoms with Gasteiger partial charge in [-0.15, -0.1) is 0 Å². The molecule has 0 heterocycles. The Balaban J connectivity index is 2.99. The van der Waals surface area contributed by atoms with Crippen LogP contribution in [0.15, 0.2) is 11.8 Å². The molecule has 0 aromatic rings. The summed E-state index contributed by atoms with van der Waals surface area (Å²) in [5.74, 6) is -0.788. The highest BCUT2D eigenvalue weighted by atomic mass is 19.4. The number of alkyl halides is 3. The van der Waals surface area contributed by atoms with E-state index in [1.54, 1.807) is 19.0 Å². The Hall–Kier alpha value is -1.00. The van der Waals surface area contributed by atoms with E-state index in [1.807, 2.05) is 0 Å². The van der Waals surface area contributed by atoms with Crippen LogP contribution in [0.1, 0.15) is 19.8 Å². The third-order valence-electron chi connectivity index (χ3n) is 2.73. The van der Waals surface area contributed by atoms with Crippen LogP contribution in [0.3, 0.4) is 0 Å². The molecule has 1 atom stereocenters. The topological polar surface area (TPSA) is 20.3 Å². The monoisotopic (exact) mass is 221 g/mol. The normalized spacial score (nSPS) is 30.0. The maximum atomic E-state index is 12.6. The second-order valence-corrected chi connectivity index (χ2v) is 4.28. The third kappa shape index (κ3) is 2.01. The number of carbonyl (C=O) groups is 1. The number of carbonyl (C=O) groups excluding carboxylic acids is 1. The van der Waals surface area contributed by atoms with Crippen LogP contribution in [-0.4, -0.2) is 31.0 Å². The van der Waals surface area contributed by atoms with Crippen LogP contribution in [0.4, 0.5) is 13.2 Å². The number of nitrogens with zero attached hydrogens (tertiary/aromatic N) is 1. The van der Waals surface area contributed by atoms with Gasteiger partial charge in [-0.05, 0) is 19.8 Å².